The fraction of sp³-hybridized carbons (Fsp3) is 0.833. The van der Waals surface area contributed by atoms with Crippen LogP contribution in [-0.2, 0) is 0 Å². The summed E-state index contributed by atoms with van der Waals surface area (Å²) in [5.41, 5.74) is 0. The molecule has 1 unspecified atom stereocenters. The van der Waals surface area contributed by atoms with Gasteiger partial charge in [-0.1, -0.05) is 32.9 Å². The molecule has 0 amide bonds. The van der Waals surface area contributed by atoms with Crippen LogP contribution < -0.4 is 0 Å². The van der Waals surface area contributed by atoms with Crippen LogP contribution in [0.1, 0.15) is 33.6 Å². The summed E-state index contributed by atoms with van der Waals surface area (Å²) in [6.07, 6.45) is 7.43. The lowest BCUT2D eigenvalue weighted by atomic mass is 10.3. The van der Waals surface area contributed by atoms with Gasteiger partial charge in [-0.2, -0.15) is 0 Å². The van der Waals surface area contributed by atoms with E-state index in [-0.39, 0.29) is 8.22 Å². The van der Waals surface area contributed by atoms with Gasteiger partial charge in [0.05, 0.1) is 0 Å². The molecule has 0 aromatic carbocycles. The third kappa shape index (κ3) is 2.61. The smallest absolute Gasteiger partial charge is 0.0457 e. The summed E-state index contributed by atoms with van der Waals surface area (Å²) >= 11 is 0. The summed E-state index contributed by atoms with van der Waals surface area (Å²) in [7, 11) is -0.0998. The fourth-order valence-electron chi connectivity index (χ4n) is 2.54. The zero-order valence-electron chi connectivity index (χ0n) is 10.2. The van der Waals surface area contributed by atoms with Crippen molar-refractivity contribution in [3.63, 3.8) is 0 Å². The van der Waals surface area contributed by atoms with E-state index in [4.69, 9.17) is 0 Å². The monoisotopic (exact) mass is 226 g/mol. The van der Waals surface area contributed by atoms with E-state index in [1.807, 2.05) is 0 Å². The number of nitrogens with zero attached hydrogens (tertiary/aromatic N) is 2. The topological polar surface area (TPSA) is 6.48 Å². The van der Waals surface area contributed by atoms with Gasteiger partial charge in [-0.3, -0.25) is 9.34 Å². The Labute approximate surface area is 95.2 Å². The predicted octanol–water partition coefficient (Wildman–Crippen LogP) is 3.06. The molecule has 0 bridgehead atoms. The van der Waals surface area contributed by atoms with Gasteiger partial charge in [0.2, 0.25) is 0 Å². The standard InChI is InChI=1S/C12H23N2P/c1-12(2,3)15(13-8-4-5-9-13)14-10-6-7-11-14/h4-5H,6-11H2,1-3H3. The Morgan fingerprint density at radius 1 is 0.933 bits per heavy atom. The quantitative estimate of drug-likeness (QED) is 0.527. The second kappa shape index (κ2) is 4.53. The number of rotatable bonds is 2. The molecule has 2 heterocycles. The summed E-state index contributed by atoms with van der Waals surface area (Å²) in [6, 6.07) is 0. The largest absolute Gasteiger partial charge is 0.269 e. The van der Waals surface area contributed by atoms with Crippen LogP contribution in [0.4, 0.5) is 0 Å². The van der Waals surface area contributed by atoms with E-state index < -0.39 is 0 Å². The first-order valence-corrected chi connectivity index (χ1v) is 7.29. The highest BCUT2D eigenvalue weighted by atomic mass is 31.1. The number of hydrogen-bond donors (Lipinski definition) is 0. The maximum Gasteiger partial charge on any atom is 0.0457 e. The van der Waals surface area contributed by atoms with Gasteiger partial charge in [0.25, 0.3) is 0 Å². The van der Waals surface area contributed by atoms with Crippen LogP contribution in [0.25, 0.3) is 0 Å². The highest BCUT2D eigenvalue weighted by Gasteiger charge is 2.36. The highest BCUT2D eigenvalue weighted by Crippen LogP contribution is 2.56. The van der Waals surface area contributed by atoms with Crippen molar-refractivity contribution >= 4 is 8.22 Å². The van der Waals surface area contributed by atoms with Crippen molar-refractivity contribution < 1.29 is 0 Å². The SMILES string of the molecule is CC(C)(C)P(N1CC=CC1)N1CCCC1. The molecule has 2 aliphatic heterocycles. The van der Waals surface area contributed by atoms with Gasteiger partial charge in [-0.25, -0.2) is 0 Å². The van der Waals surface area contributed by atoms with E-state index in [1.54, 1.807) is 0 Å². The molecule has 1 saturated heterocycles. The van der Waals surface area contributed by atoms with Crippen LogP contribution in [0.5, 0.6) is 0 Å². The van der Waals surface area contributed by atoms with Gasteiger partial charge in [0.15, 0.2) is 0 Å². The first-order chi connectivity index (χ1) is 7.09. The number of hydrogen-bond acceptors (Lipinski definition) is 2. The average Bonchev–Trinajstić information content (AvgIpc) is 2.73. The van der Waals surface area contributed by atoms with Crippen LogP contribution in [0.3, 0.4) is 0 Å². The first kappa shape index (κ1) is 11.6. The van der Waals surface area contributed by atoms with E-state index in [9.17, 15) is 0 Å². The molecule has 0 aromatic heterocycles. The van der Waals surface area contributed by atoms with Crippen LogP contribution in [0.2, 0.25) is 0 Å². The summed E-state index contributed by atoms with van der Waals surface area (Å²) in [5.74, 6) is 0. The third-order valence-corrected chi connectivity index (χ3v) is 6.02. The van der Waals surface area contributed by atoms with Crippen LogP contribution >= 0.6 is 8.22 Å². The molecule has 1 fully saturated rings. The molecule has 0 aliphatic carbocycles. The molecule has 0 saturated carbocycles. The van der Waals surface area contributed by atoms with Gasteiger partial charge >= 0.3 is 0 Å². The van der Waals surface area contributed by atoms with Crippen molar-refractivity contribution in [1.29, 1.82) is 0 Å². The van der Waals surface area contributed by atoms with Crippen LogP contribution in [-0.4, -0.2) is 40.7 Å². The molecule has 1 atom stereocenters. The van der Waals surface area contributed by atoms with Crippen molar-refractivity contribution in [1.82, 2.24) is 9.34 Å². The van der Waals surface area contributed by atoms with Gasteiger partial charge < -0.3 is 0 Å². The molecule has 15 heavy (non-hydrogen) atoms. The summed E-state index contributed by atoms with van der Waals surface area (Å²) in [5, 5.41) is 0.422. The molecule has 2 aliphatic rings. The minimum Gasteiger partial charge on any atom is -0.269 e. The second-order valence-corrected chi connectivity index (χ2v) is 8.52. The molecule has 0 spiro atoms. The molecule has 0 aromatic rings. The second-order valence-electron chi connectivity index (χ2n) is 5.46. The van der Waals surface area contributed by atoms with Crippen molar-refractivity contribution in [3.05, 3.63) is 12.2 Å². The normalized spacial score (nSPS) is 26.3. The highest BCUT2D eigenvalue weighted by molar-refractivity contribution is 7.54. The zero-order valence-corrected chi connectivity index (χ0v) is 11.1. The molecular weight excluding hydrogens is 203 g/mol. The Kier molecular flexibility index (Phi) is 3.49. The van der Waals surface area contributed by atoms with Crippen LogP contribution in [0.15, 0.2) is 12.2 Å². The molecule has 2 rings (SSSR count). The minimum absolute atomic E-state index is 0.0998. The van der Waals surface area contributed by atoms with E-state index in [0.29, 0.717) is 5.16 Å². The zero-order chi connectivity index (χ0) is 10.9. The molecular formula is C12H23N2P. The van der Waals surface area contributed by atoms with Crippen LogP contribution in [0, 0.1) is 0 Å². The van der Waals surface area contributed by atoms with Gasteiger partial charge in [0, 0.05) is 39.6 Å². The Hall–Kier alpha value is 0.0900. The maximum absolute atomic E-state index is 2.74. The van der Waals surface area contributed by atoms with Gasteiger partial charge in [0.1, 0.15) is 0 Å². The minimum atomic E-state index is -0.0998. The third-order valence-electron chi connectivity index (χ3n) is 3.02. The molecule has 0 N–H and O–H groups in total. The summed E-state index contributed by atoms with van der Waals surface area (Å²) in [4.78, 5) is 0. The van der Waals surface area contributed by atoms with Gasteiger partial charge in [-0.05, 0) is 12.8 Å². The van der Waals surface area contributed by atoms with Crippen molar-refractivity contribution in [2.24, 2.45) is 0 Å². The van der Waals surface area contributed by atoms with E-state index >= 15 is 0 Å². The van der Waals surface area contributed by atoms with Gasteiger partial charge in [-0.15, -0.1) is 0 Å². The summed E-state index contributed by atoms with van der Waals surface area (Å²) < 4.78 is 5.41. The van der Waals surface area contributed by atoms with Crippen molar-refractivity contribution in [3.8, 4) is 0 Å². The lowest BCUT2D eigenvalue weighted by molar-refractivity contribution is 0.457. The van der Waals surface area contributed by atoms with Crippen molar-refractivity contribution in [2.45, 2.75) is 38.8 Å². The summed E-state index contributed by atoms with van der Waals surface area (Å²) in [6.45, 7) is 12.2. The Morgan fingerprint density at radius 2 is 1.47 bits per heavy atom. The lowest BCUT2D eigenvalue weighted by Crippen LogP contribution is -2.34. The van der Waals surface area contributed by atoms with E-state index in [0.717, 1.165) is 0 Å². The Bertz CT molecular complexity index is 228. The molecule has 86 valence electrons. The molecule has 3 heteroatoms. The fourth-order valence-corrected chi connectivity index (χ4v) is 5.75. The average molecular weight is 226 g/mol. The maximum atomic E-state index is 2.74. The Balaban J connectivity index is 2.08. The van der Waals surface area contributed by atoms with E-state index in [2.05, 4.69) is 42.3 Å². The predicted molar refractivity (Wildman–Crippen MR) is 68.2 cm³/mol. The molecule has 2 nitrogen and oxygen atoms in total. The molecule has 0 radical (unpaired) electrons. The van der Waals surface area contributed by atoms with E-state index in [1.165, 1.54) is 39.0 Å². The van der Waals surface area contributed by atoms with Crippen molar-refractivity contribution in [2.75, 3.05) is 26.2 Å². The Morgan fingerprint density at radius 3 is 1.93 bits per heavy atom. The first-order valence-electron chi connectivity index (χ1n) is 6.04. The lowest BCUT2D eigenvalue weighted by Gasteiger charge is -2.43.